The Labute approximate surface area is 130 Å². The van der Waals surface area contributed by atoms with Crippen molar-refractivity contribution in [2.24, 2.45) is 0 Å². The summed E-state index contributed by atoms with van der Waals surface area (Å²) < 4.78 is 0.773. The van der Waals surface area contributed by atoms with Crippen molar-refractivity contribution in [1.82, 2.24) is 4.90 Å². The minimum Gasteiger partial charge on any atom is -0.295 e. The molecule has 0 amide bonds. The third kappa shape index (κ3) is 5.21. The number of alkyl halides is 2. The fraction of sp³-hybridized carbons (Fsp3) is 0.462. The maximum atomic E-state index is 11.6. The van der Waals surface area contributed by atoms with Crippen molar-refractivity contribution in [2.45, 2.75) is 22.3 Å². The van der Waals surface area contributed by atoms with Crippen LogP contribution in [0.4, 0.5) is 0 Å². The largest absolute Gasteiger partial charge is 0.295 e. The van der Waals surface area contributed by atoms with E-state index < -0.39 is 0 Å². The molecule has 1 aliphatic heterocycles. The van der Waals surface area contributed by atoms with Gasteiger partial charge in [0.25, 0.3) is 0 Å². The van der Waals surface area contributed by atoms with Crippen LogP contribution >= 0.6 is 45.2 Å². The van der Waals surface area contributed by atoms with Gasteiger partial charge in [0, 0.05) is 12.1 Å². The number of Topliss-reactive ketones (excluding diaryl/α,β-unsaturated/α-hetero) is 1. The quantitative estimate of drug-likeness (QED) is 0.437. The van der Waals surface area contributed by atoms with Gasteiger partial charge in [0.2, 0.25) is 0 Å². The van der Waals surface area contributed by atoms with Gasteiger partial charge in [0.1, 0.15) is 0 Å². The average Bonchev–Trinajstić information content (AvgIpc) is 2.14. The molecule has 0 atom stereocenters. The van der Waals surface area contributed by atoms with Gasteiger partial charge in [-0.1, -0.05) is 68.9 Å². The second-order valence-corrected chi connectivity index (χ2v) is 10.4. The van der Waals surface area contributed by atoms with E-state index >= 15 is 0 Å². The molecule has 2 rings (SSSR count). The second-order valence-electron chi connectivity index (χ2n) is 4.27. The van der Waals surface area contributed by atoms with Crippen LogP contribution < -0.4 is 0 Å². The zero-order valence-electron chi connectivity index (χ0n) is 10.3. The number of aryl methyl sites for hydroxylation is 1. The van der Waals surface area contributed by atoms with Crippen LogP contribution in [0.1, 0.15) is 28.4 Å². The van der Waals surface area contributed by atoms with Crippen molar-refractivity contribution < 1.29 is 4.79 Å². The van der Waals surface area contributed by atoms with E-state index in [-0.39, 0.29) is 5.78 Å². The highest BCUT2D eigenvalue weighted by Crippen LogP contribution is 2.18. The van der Waals surface area contributed by atoms with E-state index in [0.717, 1.165) is 14.0 Å². The normalized spacial score (nSPS) is 15.3. The number of rotatable bonds is 0. The van der Waals surface area contributed by atoms with E-state index in [2.05, 4.69) is 65.1 Å². The van der Waals surface area contributed by atoms with Crippen molar-refractivity contribution in [3.8, 4) is 0 Å². The number of hydrogen-bond acceptors (Lipinski definition) is 2. The van der Waals surface area contributed by atoms with Crippen LogP contribution in [0, 0.1) is 6.92 Å². The van der Waals surface area contributed by atoms with Gasteiger partial charge in [0.15, 0.2) is 5.78 Å². The summed E-state index contributed by atoms with van der Waals surface area (Å²) in [5.74, 6) is 0.240. The standard InChI is InChI=1S/C11H13NO.C2H4I2/c1-8-3-4-10-9(5-8)6-12(2)7-11(10)13;1-2(3)4/h3-5H,6-7H2,1-2H3;2H,1H3. The highest BCUT2D eigenvalue weighted by molar-refractivity contribution is 14.2. The SMILES string of the molecule is CC(I)I.Cc1ccc2c(c1)CN(C)CC2=O. The number of nitrogens with zero attached hydrogens (tertiary/aromatic N) is 1. The molecule has 4 heteroatoms. The summed E-state index contributed by atoms with van der Waals surface area (Å²) in [6.07, 6.45) is 0. The molecule has 0 bridgehead atoms. The molecule has 0 aromatic heterocycles. The number of hydrogen-bond donors (Lipinski definition) is 0. The second kappa shape index (κ2) is 7.04. The highest BCUT2D eigenvalue weighted by atomic mass is 127. The van der Waals surface area contributed by atoms with Gasteiger partial charge in [-0.05, 0) is 26.5 Å². The zero-order chi connectivity index (χ0) is 13.0. The average molecular weight is 457 g/mol. The lowest BCUT2D eigenvalue weighted by atomic mass is 9.97. The summed E-state index contributed by atoms with van der Waals surface area (Å²) in [4.78, 5) is 13.6. The number of benzene rings is 1. The first kappa shape index (κ1) is 15.4. The van der Waals surface area contributed by atoms with Crippen molar-refractivity contribution in [3.05, 3.63) is 34.9 Å². The van der Waals surface area contributed by atoms with E-state index in [4.69, 9.17) is 0 Å². The van der Waals surface area contributed by atoms with Gasteiger partial charge in [-0.15, -0.1) is 0 Å². The summed E-state index contributed by atoms with van der Waals surface area (Å²) in [5, 5.41) is 0. The van der Waals surface area contributed by atoms with Crippen LogP contribution in [0.15, 0.2) is 18.2 Å². The maximum absolute atomic E-state index is 11.6. The molecular weight excluding hydrogens is 440 g/mol. The summed E-state index contributed by atoms with van der Waals surface area (Å²) in [5.41, 5.74) is 3.30. The summed E-state index contributed by atoms with van der Waals surface area (Å²) in [6, 6.07) is 6.05. The highest BCUT2D eigenvalue weighted by Gasteiger charge is 2.19. The van der Waals surface area contributed by atoms with Gasteiger partial charge >= 0.3 is 0 Å². The zero-order valence-corrected chi connectivity index (χ0v) is 14.7. The topological polar surface area (TPSA) is 20.3 Å². The third-order valence-electron chi connectivity index (χ3n) is 2.41. The lowest BCUT2D eigenvalue weighted by molar-refractivity contribution is 0.0923. The van der Waals surface area contributed by atoms with Gasteiger partial charge in [-0.2, -0.15) is 0 Å². The summed E-state index contributed by atoms with van der Waals surface area (Å²) in [7, 11) is 1.98. The molecule has 1 aliphatic rings. The van der Waals surface area contributed by atoms with E-state index in [1.807, 2.05) is 24.1 Å². The van der Waals surface area contributed by atoms with Crippen LogP contribution in [0.25, 0.3) is 0 Å². The lowest BCUT2D eigenvalue weighted by Crippen LogP contribution is -2.31. The molecule has 2 nitrogen and oxygen atoms in total. The van der Waals surface area contributed by atoms with Crippen molar-refractivity contribution >= 4 is 51.0 Å². The first-order valence-electron chi connectivity index (χ1n) is 5.49. The molecular formula is C13H17I2NO. The minimum absolute atomic E-state index is 0.240. The van der Waals surface area contributed by atoms with Crippen LogP contribution in [0.5, 0.6) is 0 Å². The fourth-order valence-corrected chi connectivity index (χ4v) is 1.80. The molecule has 17 heavy (non-hydrogen) atoms. The Morgan fingerprint density at radius 2 is 1.88 bits per heavy atom. The van der Waals surface area contributed by atoms with E-state index in [1.165, 1.54) is 11.1 Å². The first-order chi connectivity index (χ1) is 7.90. The Kier molecular flexibility index (Phi) is 6.36. The first-order valence-corrected chi connectivity index (χ1v) is 7.98. The molecule has 94 valence electrons. The minimum atomic E-state index is 0.240. The Morgan fingerprint density at radius 3 is 2.47 bits per heavy atom. The molecule has 0 fully saturated rings. The number of carbonyl (C=O) groups is 1. The molecule has 1 aromatic rings. The Hall–Kier alpha value is 0.310. The molecule has 0 N–H and O–H groups in total. The molecule has 1 heterocycles. The van der Waals surface area contributed by atoms with Crippen LogP contribution in [-0.4, -0.2) is 26.2 Å². The summed E-state index contributed by atoms with van der Waals surface area (Å²) in [6.45, 7) is 5.64. The van der Waals surface area contributed by atoms with Gasteiger partial charge in [-0.3, -0.25) is 9.69 Å². The Balaban J connectivity index is 0.000000317. The van der Waals surface area contributed by atoms with Crippen LogP contribution in [0.2, 0.25) is 0 Å². The molecule has 0 saturated heterocycles. The lowest BCUT2D eigenvalue weighted by Gasteiger charge is -2.23. The van der Waals surface area contributed by atoms with Gasteiger partial charge in [-0.25, -0.2) is 0 Å². The van der Waals surface area contributed by atoms with E-state index in [9.17, 15) is 4.79 Å². The molecule has 0 spiro atoms. The maximum Gasteiger partial charge on any atom is 0.177 e. The van der Waals surface area contributed by atoms with Crippen molar-refractivity contribution in [1.29, 1.82) is 0 Å². The van der Waals surface area contributed by atoms with Crippen LogP contribution in [0.3, 0.4) is 0 Å². The number of likely N-dealkylation sites (N-methyl/N-ethyl adjacent to an activating group) is 1. The Bertz CT molecular complexity index is 402. The molecule has 0 unspecified atom stereocenters. The Morgan fingerprint density at radius 1 is 1.29 bits per heavy atom. The van der Waals surface area contributed by atoms with Crippen LogP contribution in [-0.2, 0) is 6.54 Å². The smallest absolute Gasteiger partial charge is 0.177 e. The van der Waals surface area contributed by atoms with E-state index in [0.29, 0.717) is 6.54 Å². The fourth-order valence-electron chi connectivity index (χ4n) is 1.80. The number of fused-ring (bicyclic) bond motifs is 1. The monoisotopic (exact) mass is 457 g/mol. The third-order valence-corrected chi connectivity index (χ3v) is 2.41. The van der Waals surface area contributed by atoms with Gasteiger partial charge < -0.3 is 0 Å². The number of ketones is 1. The van der Waals surface area contributed by atoms with Gasteiger partial charge in [0.05, 0.1) is 8.48 Å². The molecule has 0 radical (unpaired) electrons. The predicted octanol–water partition coefficient (Wildman–Crippen LogP) is 3.83. The number of carbonyl (C=O) groups excluding carboxylic acids is 1. The van der Waals surface area contributed by atoms with Crippen molar-refractivity contribution in [2.75, 3.05) is 13.6 Å². The molecule has 1 aromatic carbocycles. The van der Waals surface area contributed by atoms with Crippen molar-refractivity contribution in [3.63, 3.8) is 0 Å². The molecule has 0 aliphatic carbocycles. The summed E-state index contributed by atoms with van der Waals surface area (Å²) >= 11 is 4.66. The molecule has 0 saturated carbocycles. The number of halogens is 2. The van der Waals surface area contributed by atoms with E-state index in [1.54, 1.807) is 0 Å². The predicted molar refractivity (Wildman–Crippen MR) is 89.3 cm³/mol.